The molecule has 14 heteroatoms. The second kappa shape index (κ2) is 16.8. The van der Waals surface area contributed by atoms with E-state index in [1.165, 1.54) is 11.6 Å². The summed E-state index contributed by atoms with van der Waals surface area (Å²) < 4.78 is 37.6. The Morgan fingerprint density at radius 2 is 1.74 bits per heavy atom. The van der Waals surface area contributed by atoms with Crippen LogP contribution in [-0.2, 0) is 24.4 Å². The number of piperazine rings is 1. The lowest BCUT2D eigenvalue weighted by molar-refractivity contribution is -0.141. The Hall–Kier alpha value is -5.67. The number of amides is 1. The molecule has 1 amide bonds. The smallest absolute Gasteiger partial charge is 0.284 e. The monoisotopic (exact) mass is 735 g/mol. The minimum absolute atomic E-state index is 0.179. The number of nitrogens with zero attached hydrogens (tertiary/aromatic N) is 6. The molecule has 0 aliphatic carbocycles. The Morgan fingerprint density at radius 3 is 2.53 bits per heavy atom. The number of halogens is 2. The quantitative estimate of drug-likeness (QED) is 0.110. The van der Waals surface area contributed by atoms with Crippen LogP contribution in [0.15, 0.2) is 112 Å². The minimum Gasteiger partial charge on any atom is -0.489 e. The predicted octanol–water partition coefficient (Wildman–Crippen LogP) is 5.89. The van der Waals surface area contributed by atoms with E-state index >= 15 is 0 Å². The average molecular weight is 736 g/mol. The van der Waals surface area contributed by atoms with Gasteiger partial charge in [0.25, 0.3) is 5.91 Å². The summed E-state index contributed by atoms with van der Waals surface area (Å²) in [5.41, 5.74) is 7.86. The van der Waals surface area contributed by atoms with E-state index in [-0.39, 0.29) is 12.4 Å². The zero-order chi connectivity index (χ0) is 36.6. The van der Waals surface area contributed by atoms with Crippen molar-refractivity contribution in [2.75, 3.05) is 26.2 Å². The van der Waals surface area contributed by atoms with Gasteiger partial charge in [0.1, 0.15) is 12.4 Å². The summed E-state index contributed by atoms with van der Waals surface area (Å²) >= 11 is 1.62. The number of rotatable bonds is 13. The van der Waals surface area contributed by atoms with Gasteiger partial charge in [0.05, 0.1) is 23.5 Å². The SMILES string of the molecule is O=C(NN=Cc1cccc(-c2csc(Cc3ccccc3)n2)c1)C(O)N1CCN(Cc2nc(-c3ccc(COc4ccc(F)c(F)c4)cc3)no2)CC1. The summed E-state index contributed by atoms with van der Waals surface area (Å²) in [5, 5.41) is 22.0. The highest BCUT2D eigenvalue weighted by atomic mass is 32.1. The van der Waals surface area contributed by atoms with Crippen molar-refractivity contribution in [3.05, 3.63) is 142 Å². The number of thiazole rings is 1. The van der Waals surface area contributed by atoms with Crippen LogP contribution in [0.5, 0.6) is 5.75 Å². The Labute approximate surface area is 308 Å². The Morgan fingerprint density at radius 1 is 0.925 bits per heavy atom. The third-order valence-corrected chi connectivity index (χ3v) is 9.49. The molecule has 0 bridgehead atoms. The first-order valence-electron chi connectivity index (χ1n) is 16.9. The lowest BCUT2D eigenvalue weighted by Gasteiger charge is -2.35. The van der Waals surface area contributed by atoms with Gasteiger partial charge in [0, 0.05) is 55.2 Å². The fraction of sp³-hybridized carbons (Fsp3) is 0.205. The van der Waals surface area contributed by atoms with E-state index < -0.39 is 23.8 Å². The lowest BCUT2D eigenvalue weighted by atomic mass is 10.1. The third kappa shape index (κ3) is 9.42. The van der Waals surface area contributed by atoms with Crippen molar-refractivity contribution in [2.24, 2.45) is 5.10 Å². The minimum atomic E-state index is -1.35. The van der Waals surface area contributed by atoms with E-state index in [4.69, 9.17) is 14.2 Å². The number of carbonyl (C=O) groups is 1. The lowest BCUT2D eigenvalue weighted by Crippen LogP contribution is -2.54. The summed E-state index contributed by atoms with van der Waals surface area (Å²) in [4.78, 5) is 25.8. The van der Waals surface area contributed by atoms with Crippen molar-refractivity contribution in [1.82, 2.24) is 30.4 Å². The summed E-state index contributed by atoms with van der Waals surface area (Å²) in [6.07, 6.45) is 0.975. The summed E-state index contributed by atoms with van der Waals surface area (Å²) in [6.45, 7) is 2.66. The van der Waals surface area contributed by atoms with E-state index in [0.29, 0.717) is 44.4 Å². The maximum absolute atomic E-state index is 13.4. The molecule has 53 heavy (non-hydrogen) atoms. The van der Waals surface area contributed by atoms with Crippen LogP contribution in [0.25, 0.3) is 22.6 Å². The predicted molar refractivity (Wildman–Crippen MR) is 196 cm³/mol. The number of benzene rings is 4. The van der Waals surface area contributed by atoms with Crippen LogP contribution in [0.3, 0.4) is 0 Å². The molecule has 11 nitrogen and oxygen atoms in total. The Bertz CT molecular complexity index is 2170. The van der Waals surface area contributed by atoms with Crippen molar-refractivity contribution >= 4 is 23.5 Å². The van der Waals surface area contributed by atoms with E-state index in [1.54, 1.807) is 22.5 Å². The first kappa shape index (κ1) is 35.7. The summed E-state index contributed by atoms with van der Waals surface area (Å²) in [6, 6.07) is 28.7. The topological polar surface area (TPSA) is 129 Å². The number of hydrazone groups is 1. The average Bonchev–Trinajstić information content (AvgIpc) is 3.86. The normalized spacial score (nSPS) is 14.4. The second-order valence-corrected chi connectivity index (χ2v) is 13.4. The molecule has 4 aromatic carbocycles. The van der Waals surface area contributed by atoms with Crippen LogP contribution in [0.4, 0.5) is 8.78 Å². The van der Waals surface area contributed by atoms with Gasteiger partial charge in [-0.2, -0.15) is 10.1 Å². The van der Waals surface area contributed by atoms with Crippen LogP contribution < -0.4 is 10.2 Å². The highest BCUT2D eigenvalue weighted by Gasteiger charge is 2.28. The molecule has 3 heterocycles. The number of aliphatic hydroxyl groups is 1. The number of hydrogen-bond acceptors (Lipinski definition) is 11. The molecule has 270 valence electrons. The third-order valence-electron chi connectivity index (χ3n) is 8.64. The molecule has 7 rings (SSSR count). The fourth-order valence-corrected chi connectivity index (χ4v) is 6.58. The van der Waals surface area contributed by atoms with Crippen LogP contribution in [0.1, 0.15) is 27.6 Å². The molecule has 1 aliphatic rings. The zero-order valence-corrected chi connectivity index (χ0v) is 29.3. The Balaban J connectivity index is 0.844. The van der Waals surface area contributed by atoms with Crippen LogP contribution in [0, 0.1) is 11.6 Å². The van der Waals surface area contributed by atoms with Gasteiger partial charge >= 0.3 is 0 Å². The molecular formula is C39H35F2N7O4S. The molecule has 1 saturated heterocycles. The molecular weight excluding hydrogens is 701 g/mol. The highest BCUT2D eigenvalue weighted by Crippen LogP contribution is 2.25. The van der Waals surface area contributed by atoms with Crippen molar-refractivity contribution in [3.8, 4) is 28.4 Å². The number of aromatic nitrogens is 3. The number of nitrogens with one attached hydrogen (secondary N) is 1. The van der Waals surface area contributed by atoms with E-state index in [2.05, 4.69) is 37.7 Å². The Kier molecular flexibility index (Phi) is 11.3. The molecule has 1 atom stereocenters. The summed E-state index contributed by atoms with van der Waals surface area (Å²) in [5.74, 6) is -1.39. The van der Waals surface area contributed by atoms with Crippen molar-refractivity contribution in [3.63, 3.8) is 0 Å². The van der Waals surface area contributed by atoms with Crippen LogP contribution in [-0.4, -0.2) is 74.6 Å². The molecule has 2 aromatic heterocycles. The number of hydrogen-bond donors (Lipinski definition) is 2. The molecule has 0 saturated carbocycles. The second-order valence-electron chi connectivity index (χ2n) is 12.4. The fourth-order valence-electron chi connectivity index (χ4n) is 5.74. The van der Waals surface area contributed by atoms with Crippen LogP contribution in [0.2, 0.25) is 0 Å². The van der Waals surface area contributed by atoms with Crippen molar-refractivity contribution in [2.45, 2.75) is 25.8 Å². The van der Waals surface area contributed by atoms with Gasteiger partial charge in [-0.3, -0.25) is 14.6 Å². The van der Waals surface area contributed by atoms with Gasteiger partial charge in [0.2, 0.25) is 11.7 Å². The molecule has 6 aromatic rings. The maximum Gasteiger partial charge on any atom is 0.284 e. The highest BCUT2D eigenvalue weighted by molar-refractivity contribution is 7.10. The van der Waals surface area contributed by atoms with E-state index in [1.807, 2.05) is 72.1 Å². The molecule has 0 spiro atoms. The van der Waals surface area contributed by atoms with Gasteiger partial charge < -0.3 is 14.4 Å². The zero-order valence-electron chi connectivity index (χ0n) is 28.4. The molecule has 0 radical (unpaired) electrons. The summed E-state index contributed by atoms with van der Waals surface area (Å²) in [7, 11) is 0. The largest absolute Gasteiger partial charge is 0.489 e. The molecule has 2 N–H and O–H groups in total. The van der Waals surface area contributed by atoms with Crippen molar-refractivity contribution in [1.29, 1.82) is 0 Å². The molecule has 1 aliphatic heterocycles. The first-order chi connectivity index (χ1) is 25.9. The number of carbonyl (C=O) groups excluding carboxylic acids is 1. The van der Waals surface area contributed by atoms with E-state index in [0.717, 1.165) is 51.5 Å². The molecule has 1 fully saturated rings. The first-order valence-corrected chi connectivity index (χ1v) is 17.8. The standard InChI is InChI=1S/C39H35F2N7O4S/c40-32-14-13-31(21-33(32)41)51-24-27-9-11-29(12-10-27)37-44-35(52-46-37)23-47-15-17-48(18-16-47)39(50)38(49)45-42-22-28-7-4-8-30(19-28)34-25-53-36(43-34)20-26-5-2-1-3-6-26/h1-14,19,21-22,25,39,50H,15-18,20,23-24H2,(H,45,49). The van der Waals surface area contributed by atoms with Gasteiger partial charge in [-0.1, -0.05) is 78.0 Å². The molecule has 1 unspecified atom stereocenters. The number of aliphatic hydroxyl groups excluding tert-OH is 1. The van der Waals surface area contributed by atoms with Gasteiger partial charge in [-0.25, -0.2) is 19.2 Å². The van der Waals surface area contributed by atoms with Gasteiger partial charge in [0.15, 0.2) is 17.9 Å². The van der Waals surface area contributed by atoms with Crippen LogP contribution >= 0.6 is 11.3 Å². The van der Waals surface area contributed by atoms with Crippen molar-refractivity contribution < 1.29 is 27.9 Å². The van der Waals surface area contributed by atoms with Gasteiger partial charge in [-0.15, -0.1) is 11.3 Å². The maximum atomic E-state index is 13.4. The number of ether oxygens (including phenoxy) is 1. The van der Waals surface area contributed by atoms with E-state index in [9.17, 15) is 18.7 Å². The van der Waals surface area contributed by atoms with Gasteiger partial charge in [-0.05, 0) is 34.9 Å².